The molecule has 126 valence electrons. The van der Waals surface area contributed by atoms with Gasteiger partial charge in [-0.3, -0.25) is 0 Å². The minimum atomic E-state index is -0.327. The van der Waals surface area contributed by atoms with Gasteiger partial charge in [-0.1, -0.05) is 11.6 Å². The molecule has 0 N–H and O–H groups in total. The summed E-state index contributed by atoms with van der Waals surface area (Å²) in [7, 11) is 4.88. The summed E-state index contributed by atoms with van der Waals surface area (Å²) in [5, 5.41) is 0. The largest absolute Gasteiger partial charge is 0.493 e. The SMILES string of the molecule is COc1cc(C=C2CCC3(CC2)OCCO3)cc(OC)c1OC. The summed E-state index contributed by atoms with van der Waals surface area (Å²) in [6.45, 7) is 1.43. The fraction of sp³-hybridized carbons (Fsp3) is 0.556. The Morgan fingerprint density at radius 2 is 1.48 bits per heavy atom. The van der Waals surface area contributed by atoms with Crippen LogP contribution in [0, 0.1) is 0 Å². The van der Waals surface area contributed by atoms with Crippen LogP contribution < -0.4 is 14.2 Å². The summed E-state index contributed by atoms with van der Waals surface area (Å²) in [6, 6.07) is 3.95. The average Bonchev–Trinajstić information content (AvgIpc) is 3.04. The van der Waals surface area contributed by atoms with Gasteiger partial charge in [-0.15, -0.1) is 0 Å². The van der Waals surface area contributed by atoms with Crippen LogP contribution in [0.15, 0.2) is 17.7 Å². The molecule has 1 aromatic rings. The molecule has 0 unspecified atom stereocenters. The van der Waals surface area contributed by atoms with Gasteiger partial charge in [-0.05, 0) is 30.5 Å². The lowest BCUT2D eigenvalue weighted by molar-refractivity contribution is -0.171. The van der Waals surface area contributed by atoms with Crippen LogP contribution in [-0.4, -0.2) is 40.3 Å². The van der Waals surface area contributed by atoms with Gasteiger partial charge in [0, 0.05) is 12.8 Å². The summed E-state index contributed by atoms with van der Waals surface area (Å²) < 4.78 is 27.7. The topological polar surface area (TPSA) is 46.2 Å². The van der Waals surface area contributed by atoms with Crippen molar-refractivity contribution in [1.29, 1.82) is 0 Å². The molecule has 1 saturated carbocycles. The molecular formula is C18H24O5. The van der Waals surface area contributed by atoms with Gasteiger partial charge in [0.2, 0.25) is 5.75 Å². The first-order chi connectivity index (χ1) is 11.2. The van der Waals surface area contributed by atoms with Crippen molar-refractivity contribution in [3.05, 3.63) is 23.3 Å². The van der Waals surface area contributed by atoms with Crippen molar-refractivity contribution >= 4 is 6.08 Å². The highest BCUT2D eigenvalue weighted by molar-refractivity contribution is 5.63. The smallest absolute Gasteiger partial charge is 0.203 e. The second-order valence-corrected chi connectivity index (χ2v) is 5.87. The van der Waals surface area contributed by atoms with Gasteiger partial charge in [0.25, 0.3) is 0 Å². The van der Waals surface area contributed by atoms with Crippen molar-refractivity contribution in [2.24, 2.45) is 0 Å². The predicted octanol–water partition coefficient (Wildman–Crippen LogP) is 3.41. The van der Waals surface area contributed by atoms with Crippen molar-refractivity contribution in [3.63, 3.8) is 0 Å². The van der Waals surface area contributed by atoms with E-state index in [1.807, 2.05) is 12.1 Å². The predicted molar refractivity (Wildman–Crippen MR) is 87.2 cm³/mol. The Morgan fingerprint density at radius 1 is 0.913 bits per heavy atom. The van der Waals surface area contributed by atoms with Crippen LogP contribution in [0.3, 0.4) is 0 Å². The van der Waals surface area contributed by atoms with E-state index < -0.39 is 0 Å². The monoisotopic (exact) mass is 320 g/mol. The van der Waals surface area contributed by atoms with E-state index >= 15 is 0 Å². The van der Waals surface area contributed by atoms with Gasteiger partial charge in [0.05, 0.1) is 34.5 Å². The fourth-order valence-electron chi connectivity index (χ4n) is 3.30. The first-order valence-corrected chi connectivity index (χ1v) is 7.97. The quantitative estimate of drug-likeness (QED) is 0.851. The van der Waals surface area contributed by atoms with Crippen LogP contribution >= 0.6 is 0 Å². The highest BCUT2D eigenvalue weighted by Gasteiger charge is 2.38. The Balaban J connectivity index is 1.79. The van der Waals surface area contributed by atoms with Gasteiger partial charge >= 0.3 is 0 Å². The summed E-state index contributed by atoms with van der Waals surface area (Å²) in [4.78, 5) is 0. The van der Waals surface area contributed by atoms with Crippen molar-refractivity contribution < 1.29 is 23.7 Å². The standard InChI is InChI=1S/C18H24O5/c1-19-15-11-14(12-16(20-2)17(15)21-3)10-13-4-6-18(7-5-13)22-8-9-23-18/h10-12H,4-9H2,1-3H3. The number of ether oxygens (including phenoxy) is 5. The third-order valence-corrected chi connectivity index (χ3v) is 4.53. The molecule has 1 spiro atoms. The van der Waals surface area contributed by atoms with Gasteiger partial charge in [-0.25, -0.2) is 0 Å². The Bertz CT molecular complexity index is 550. The van der Waals surface area contributed by atoms with Crippen molar-refractivity contribution in [1.82, 2.24) is 0 Å². The molecule has 1 aliphatic carbocycles. The highest BCUT2D eigenvalue weighted by atomic mass is 16.7. The molecule has 1 saturated heterocycles. The lowest BCUT2D eigenvalue weighted by atomic mass is 9.88. The van der Waals surface area contributed by atoms with Crippen LogP contribution in [-0.2, 0) is 9.47 Å². The molecule has 5 heteroatoms. The van der Waals surface area contributed by atoms with Crippen LogP contribution in [0.5, 0.6) is 17.2 Å². The highest BCUT2D eigenvalue weighted by Crippen LogP contribution is 2.41. The molecule has 1 aliphatic heterocycles. The first-order valence-electron chi connectivity index (χ1n) is 7.97. The normalized spacial score (nSPS) is 19.7. The summed E-state index contributed by atoms with van der Waals surface area (Å²) in [6.07, 6.45) is 6.01. The van der Waals surface area contributed by atoms with Crippen LogP contribution in [0.4, 0.5) is 0 Å². The molecule has 0 amide bonds. The number of methoxy groups -OCH3 is 3. The molecule has 1 heterocycles. The van der Waals surface area contributed by atoms with Crippen molar-refractivity contribution in [2.45, 2.75) is 31.5 Å². The second-order valence-electron chi connectivity index (χ2n) is 5.87. The third kappa shape index (κ3) is 3.31. The van der Waals surface area contributed by atoms with Crippen molar-refractivity contribution in [3.8, 4) is 17.2 Å². The lowest BCUT2D eigenvalue weighted by Crippen LogP contribution is -2.33. The van der Waals surface area contributed by atoms with Crippen LogP contribution in [0.1, 0.15) is 31.2 Å². The summed E-state index contributed by atoms with van der Waals surface area (Å²) in [5.74, 6) is 1.64. The third-order valence-electron chi connectivity index (χ3n) is 4.53. The van der Waals surface area contributed by atoms with Gasteiger partial charge < -0.3 is 23.7 Å². The Labute approximate surface area is 137 Å². The van der Waals surface area contributed by atoms with E-state index in [9.17, 15) is 0 Å². The number of hydrogen-bond acceptors (Lipinski definition) is 5. The maximum atomic E-state index is 5.78. The molecule has 0 atom stereocenters. The number of benzene rings is 1. The van der Waals surface area contributed by atoms with E-state index in [1.54, 1.807) is 21.3 Å². The lowest BCUT2D eigenvalue weighted by Gasteiger charge is -2.32. The van der Waals surface area contributed by atoms with E-state index in [4.69, 9.17) is 23.7 Å². The maximum Gasteiger partial charge on any atom is 0.203 e. The molecule has 0 bridgehead atoms. The second kappa shape index (κ2) is 6.81. The number of allylic oxidation sites excluding steroid dienone is 1. The average molecular weight is 320 g/mol. The maximum absolute atomic E-state index is 5.78. The molecule has 5 nitrogen and oxygen atoms in total. The van der Waals surface area contributed by atoms with Gasteiger partial charge in [0.15, 0.2) is 17.3 Å². The molecule has 2 fully saturated rings. The Hall–Kier alpha value is -1.72. The molecule has 2 aliphatic rings. The Morgan fingerprint density at radius 3 is 1.96 bits per heavy atom. The van der Waals surface area contributed by atoms with Crippen molar-refractivity contribution in [2.75, 3.05) is 34.5 Å². The van der Waals surface area contributed by atoms with Gasteiger partial charge in [0.1, 0.15) is 0 Å². The number of hydrogen-bond donors (Lipinski definition) is 0. The minimum absolute atomic E-state index is 0.327. The van der Waals surface area contributed by atoms with E-state index in [2.05, 4.69) is 6.08 Å². The molecule has 0 radical (unpaired) electrons. The van der Waals surface area contributed by atoms with Crippen LogP contribution in [0.2, 0.25) is 0 Å². The molecule has 1 aromatic carbocycles. The zero-order valence-corrected chi connectivity index (χ0v) is 14.0. The fourth-order valence-corrected chi connectivity index (χ4v) is 3.30. The Kier molecular flexibility index (Phi) is 4.78. The zero-order chi connectivity index (χ0) is 16.3. The summed E-state index contributed by atoms with van der Waals surface area (Å²) in [5.41, 5.74) is 2.45. The number of rotatable bonds is 4. The van der Waals surface area contributed by atoms with E-state index in [0.717, 1.165) is 31.2 Å². The molecular weight excluding hydrogens is 296 g/mol. The summed E-state index contributed by atoms with van der Waals surface area (Å²) >= 11 is 0. The molecule has 3 rings (SSSR count). The van der Waals surface area contributed by atoms with E-state index in [-0.39, 0.29) is 5.79 Å². The zero-order valence-electron chi connectivity index (χ0n) is 14.0. The molecule has 0 aromatic heterocycles. The van der Waals surface area contributed by atoms with Gasteiger partial charge in [-0.2, -0.15) is 0 Å². The minimum Gasteiger partial charge on any atom is -0.493 e. The van der Waals surface area contributed by atoms with E-state index in [1.165, 1.54) is 5.57 Å². The van der Waals surface area contributed by atoms with E-state index in [0.29, 0.717) is 30.5 Å². The first kappa shape index (κ1) is 16.1. The molecule has 23 heavy (non-hydrogen) atoms. The van der Waals surface area contributed by atoms with Crippen LogP contribution in [0.25, 0.3) is 6.08 Å².